The fourth-order valence-corrected chi connectivity index (χ4v) is 1.79. The number of nitrogens with one attached hydrogen (secondary N) is 1. The Balaban J connectivity index is 2.25. The van der Waals surface area contributed by atoms with Crippen molar-refractivity contribution in [3.63, 3.8) is 0 Å². The maximum absolute atomic E-state index is 11.9. The third-order valence-electron chi connectivity index (χ3n) is 2.74. The lowest BCUT2D eigenvalue weighted by molar-refractivity contribution is 0.0983. The fourth-order valence-electron chi connectivity index (χ4n) is 1.79. The first-order chi connectivity index (χ1) is 7.68. The van der Waals surface area contributed by atoms with Gasteiger partial charge in [0.1, 0.15) is 0 Å². The molecular weight excluding hydrogens is 200 g/mol. The number of H-pyrrole nitrogens is 1. The molecule has 1 aromatic heterocycles. The molecule has 3 heteroatoms. The molecule has 0 unspecified atom stereocenters. The summed E-state index contributed by atoms with van der Waals surface area (Å²) < 4.78 is 0. The van der Waals surface area contributed by atoms with E-state index in [0.29, 0.717) is 12.2 Å². The molecule has 0 aliphatic heterocycles. The van der Waals surface area contributed by atoms with Gasteiger partial charge < -0.3 is 4.98 Å². The van der Waals surface area contributed by atoms with Crippen LogP contribution in [0.2, 0.25) is 0 Å². The normalized spacial score (nSPS) is 10.4. The van der Waals surface area contributed by atoms with Crippen LogP contribution in [0, 0.1) is 13.8 Å². The predicted molar refractivity (Wildman–Crippen MR) is 62.5 cm³/mol. The quantitative estimate of drug-likeness (QED) is 0.798. The van der Waals surface area contributed by atoms with Crippen molar-refractivity contribution in [1.82, 2.24) is 9.97 Å². The van der Waals surface area contributed by atoms with Crippen molar-refractivity contribution in [3.8, 4) is 0 Å². The van der Waals surface area contributed by atoms with Crippen LogP contribution in [0.3, 0.4) is 0 Å². The van der Waals surface area contributed by atoms with Gasteiger partial charge in [0.15, 0.2) is 5.82 Å². The lowest BCUT2D eigenvalue weighted by atomic mass is 9.98. The smallest absolute Gasteiger partial charge is 0.202 e. The van der Waals surface area contributed by atoms with Crippen molar-refractivity contribution in [2.45, 2.75) is 20.3 Å². The maximum Gasteiger partial charge on any atom is 0.202 e. The first-order valence-electron chi connectivity index (χ1n) is 5.26. The second-order valence-corrected chi connectivity index (χ2v) is 3.91. The zero-order valence-corrected chi connectivity index (χ0v) is 9.45. The molecule has 2 aromatic rings. The van der Waals surface area contributed by atoms with Crippen molar-refractivity contribution < 1.29 is 4.79 Å². The summed E-state index contributed by atoms with van der Waals surface area (Å²) in [5.41, 5.74) is 3.41. The highest BCUT2D eigenvalue weighted by molar-refractivity contribution is 5.94. The van der Waals surface area contributed by atoms with E-state index in [4.69, 9.17) is 0 Å². The molecule has 1 heterocycles. The van der Waals surface area contributed by atoms with Crippen LogP contribution in [0.4, 0.5) is 0 Å². The molecule has 82 valence electrons. The number of hydrogen-bond acceptors (Lipinski definition) is 2. The monoisotopic (exact) mass is 214 g/mol. The SMILES string of the molecule is Cc1cccc(C)c1CC(=O)c1ncc[nH]1. The Morgan fingerprint density at radius 2 is 2.00 bits per heavy atom. The molecule has 1 aromatic carbocycles. The van der Waals surface area contributed by atoms with Crippen LogP contribution in [-0.2, 0) is 6.42 Å². The molecule has 0 aliphatic carbocycles. The second-order valence-electron chi connectivity index (χ2n) is 3.91. The molecule has 0 bridgehead atoms. The van der Waals surface area contributed by atoms with Crippen LogP contribution in [-0.4, -0.2) is 15.8 Å². The Morgan fingerprint density at radius 1 is 1.31 bits per heavy atom. The number of benzene rings is 1. The van der Waals surface area contributed by atoms with Crippen molar-refractivity contribution in [1.29, 1.82) is 0 Å². The molecule has 0 saturated carbocycles. The number of carbonyl (C=O) groups excluding carboxylic acids is 1. The topological polar surface area (TPSA) is 45.8 Å². The highest BCUT2D eigenvalue weighted by atomic mass is 16.1. The Bertz CT molecular complexity index is 480. The van der Waals surface area contributed by atoms with Gasteiger partial charge in [-0.05, 0) is 30.5 Å². The third-order valence-corrected chi connectivity index (χ3v) is 2.74. The van der Waals surface area contributed by atoms with Crippen molar-refractivity contribution in [2.75, 3.05) is 0 Å². The van der Waals surface area contributed by atoms with Gasteiger partial charge in [-0.15, -0.1) is 0 Å². The minimum atomic E-state index is 0.0300. The van der Waals surface area contributed by atoms with Crippen molar-refractivity contribution >= 4 is 5.78 Å². The summed E-state index contributed by atoms with van der Waals surface area (Å²) in [5, 5.41) is 0. The molecular formula is C13H14N2O. The molecule has 16 heavy (non-hydrogen) atoms. The van der Waals surface area contributed by atoms with E-state index in [1.807, 2.05) is 32.0 Å². The number of aryl methyl sites for hydroxylation is 2. The van der Waals surface area contributed by atoms with E-state index in [9.17, 15) is 4.79 Å². The highest BCUT2D eigenvalue weighted by Gasteiger charge is 2.12. The molecule has 0 spiro atoms. The largest absolute Gasteiger partial charge is 0.342 e. The number of nitrogens with zero attached hydrogens (tertiary/aromatic N) is 1. The Kier molecular flexibility index (Phi) is 2.86. The molecule has 0 amide bonds. The molecule has 1 N–H and O–H groups in total. The van der Waals surface area contributed by atoms with Gasteiger partial charge in [-0.3, -0.25) is 4.79 Å². The number of hydrogen-bond donors (Lipinski definition) is 1. The first-order valence-corrected chi connectivity index (χ1v) is 5.26. The van der Waals surface area contributed by atoms with E-state index in [-0.39, 0.29) is 5.78 Å². The highest BCUT2D eigenvalue weighted by Crippen LogP contribution is 2.15. The number of ketones is 1. The maximum atomic E-state index is 11.9. The summed E-state index contributed by atoms with van der Waals surface area (Å²) >= 11 is 0. The molecule has 0 aliphatic rings. The molecule has 0 radical (unpaired) electrons. The van der Waals surface area contributed by atoms with Gasteiger partial charge in [-0.1, -0.05) is 18.2 Å². The first kappa shape index (κ1) is 10.6. The van der Waals surface area contributed by atoms with Crippen molar-refractivity contribution in [2.24, 2.45) is 0 Å². The summed E-state index contributed by atoms with van der Waals surface area (Å²) in [6.45, 7) is 4.05. The Hall–Kier alpha value is -1.90. The number of aromatic nitrogens is 2. The van der Waals surface area contributed by atoms with Gasteiger partial charge in [0.25, 0.3) is 0 Å². The molecule has 0 atom stereocenters. The van der Waals surface area contributed by atoms with Crippen LogP contribution >= 0.6 is 0 Å². The number of aromatic amines is 1. The summed E-state index contributed by atoms with van der Waals surface area (Å²) in [7, 11) is 0. The molecule has 2 rings (SSSR count). The van der Waals surface area contributed by atoms with Gasteiger partial charge in [-0.2, -0.15) is 0 Å². The average Bonchev–Trinajstić information content (AvgIpc) is 2.76. The van der Waals surface area contributed by atoms with Gasteiger partial charge in [0.2, 0.25) is 5.78 Å². The Morgan fingerprint density at radius 3 is 2.56 bits per heavy atom. The number of imidazole rings is 1. The van der Waals surface area contributed by atoms with Crippen molar-refractivity contribution in [3.05, 3.63) is 53.1 Å². The standard InChI is InChI=1S/C13H14N2O/c1-9-4-3-5-10(2)11(9)8-12(16)13-14-6-7-15-13/h3-7H,8H2,1-2H3,(H,14,15). The predicted octanol–water partition coefficient (Wildman–Crippen LogP) is 2.45. The van der Waals surface area contributed by atoms with Crippen LogP contribution in [0.15, 0.2) is 30.6 Å². The summed E-state index contributed by atoms with van der Waals surface area (Å²) in [4.78, 5) is 18.7. The summed E-state index contributed by atoms with van der Waals surface area (Å²) in [5.74, 6) is 0.463. The number of rotatable bonds is 3. The molecule has 0 fully saturated rings. The van der Waals surface area contributed by atoms with E-state index < -0.39 is 0 Å². The summed E-state index contributed by atoms with van der Waals surface area (Å²) in [6.07, 6.45) is 3.67. The van der Waals surface area contributed by atoms with E-state index in [2.05, 4.69) is 9.97 Å². The van der Waals surface area contributed by atoms with Crippen LogP contribution in [0.5, 0.6) is 0 Å². The lowest BCUT2D eigenvalue weighted by Crippen LogP contribution is -2.08. The van der Waals surface area contributed by atoms with Gasteiger partial charge in [-0.25, -0.2) is 4.98 Å². The van der Waals surface area contributed by atoms with Crippen LogP contribution < -0.4 is 0 Å². The molecule has 0 saturated heterocycles. The molecule has 3 nitrogen and oxygen atoms in total. The average molecular weight is 214 g/mol. The van der Waals surface area contributed by atoms with E-state index >= 15 is 0 Å². The lowest BCUT2D eigenvalue weighted by Gasteiger charge is -2.07. The minimum Gasteiger partial charge on any atom is -0.342 e. The van der Waals surface area contributed by atoms with Gasteiger partial charge in [0.05, 0.1) is 0 Å². The summed E-state index contributed by atoms with van der Waals surface area (Å²) in [6, 6.07) is 6.06. The fraction of sp³-hybridized carbons (Fsp3) is 0.231. The zero-order chi connectivity index (χ0) is 11.5. The minimum absolute atomic E-state index is 0.0300. The van der Waals surface area contributed by atoms with Gasteiger partial charge in [0, 0.05) is 18.8 Å². The second kappa shape index (κ2) is 4.31. The van der Waals surface area contributed by atoms with Crippen LogP contribution in [0.25, 0.3) is 0 Å². The van der Waals surface area contributed by atoms with E-state index in [1.165, 1.54) is 0 Å². The van der Waals surface area contributed by atoms with E-state index in [0.717, 1.165) is 16.7 Å². The Labute approximate surface area is 94.5 Å². The van der Waals surface area contributed by atoms with E-state index in [1.54, 1.807) is 12.4 Å². The number of Topliss-reactive ketones (excluding diaryl/α,β-unsaturated/α-hetero) is 1. The van der Waals surface area contributed by atoms with Gasteiger partial charge >= 0.3 is 0 Å². The third kappa shape index (κ3) is 2.03. The van der Waals surface area contributed by atoms with Crippen LogP contribution in [0.1, 0.15) is 27.3 Å². The zero-order valence-electron chi connectivity index (χ0n) is 9.45. The number of carbonyl (C=O) groups is 1.